The van der Waals surface area contributed by atoms with Crippen LogP contribution in [0.25, 0.3) is 0 Å². The molecule has 0 N–H and O–H groups in total. The third-order valence-electron chi connectivity index (χ3n) is 6.10. The van der Waals surface area contributed by atoms with Crippen LogP contribution in [0.1, 0.15) is 28.3 Å². The molecule has 184 valence electrons. The first-order chi connectivity index (χ1) is 16.8. The van der Waals surface area contributed by atoms with E-state index in [0.717, 1.165) is 16.0 Å². The van der Waals surface area contributed by atoms with E-state index in [1.54, 1.807) is 6.07 Å². The highest BCUT2D eigenvalue weighted by Crippen LogP contribution is 2.48. The summed E-state index contributed by atoms with van der Waals surface area (Å²) in [6.07, 6.45) is -4.57. The van der Waals surface area contributed by atoms with Gasteiger partial charge in [-0.05, 0) is 35.6 Å². The van der Waals surface area contributed by atoms with Crippen LogP contribution < -0.4 is 14.2 Å². The summed E-state index contributed by atoms with van der Waals surface area (Å²) in [4.78, 5) is 13.3. The molecule has 0 radical (unpaired) electrons. The number of methoxy groups -OCH3 is 2. The van der Waals surface area contributed by atoms with Gasteiger partial charge < -0.3 is 19.1 Å². The van der Waals surface area contributed by atoms with E-state index in [9.17, 15) is 18.0 Å². The van der Waals surface area contributed by atoms with Crippen LogP contribution in [0.15, 0.2) is 66.7 Å². The van der Waals surface area contributed by atoms with Gasteiger partial charge in [0.15, 0.2) is 11.5 Å². The Morgan fingerprint density at radius 3 is 2.11 bits per heavy atom. The number of hydrogen-bond acceptors (Lipinski definition) is 4. The maximum atomic E-state index is 13.5. The number of hydrogen-bond donors (Lipinski definition) is 0. The van der Waals surface area contributed by atoms with Crippen LogP contribution in [0, 0.1) is 0 Å². The number of halogens is 3. The molecule has 1 atom stereocenters. The van der Waals surface area contributed by atoms with Gasteiger partial charge >= 0.3 is 12.1 Å². The first-order valence-electron chi connectivity index (χ1n) is 11.2. The quantitative estimate of drug-likeness (QED) is 0.443. The van der Waals surface area contributed by atoms with E-state index in [2.05, 4.69) is 0 Å². The van der Waals surface area contributed by atoms with Crippen LogP contribution in [-0.4, -0.2) is 37.7 Å². The van der Waals surface area contributed by atoms with Crippen LogP contribution >= 0.6 is 0 Å². The van der Waals surface area contributed by atoms with Gasteiger partial charge in [0.1, 0.15) is 6.61 Å². The predicted octanol–water partition coefficient (Wildman–Crippen LogP) is 5.51. The average molecular weight is 486 g/mol. The van der Waals surface area contributed by atoms with Crippen LogP contribution in [0.4, 0.5) is 13.2 Å². The second-order valence-corrected chi connectivity index (χ2v) is 8.24. The maximum Gasteiger partial charge on any atom is 0.471 e. The zero-order valence-corrected chi connectivity index (χ0v) is 19.5. The van der Waals surface area contributed by atoms with Crippen molar-refractivity contribution in [2.75, 3.05) is 20.8 Å². The number of ether oxygens (including phenoxy) is 3. The first-order valence-corrected chi connectivity index (χ1v) is 11.2. The Labute approximate surface area is 202 Å². The molecule has 1 amide bonds. The fourth-order valence-corrected chi connectivity index (χ4v) is 4.50. The zero-order valence-electron chi connectivity index (χ0n) is 19.5. The van der Waals surface area contributed by atoms with Crippen LogP contribution in [0.3, 0.4) is 0 Å². The molecule has 1 heterocycles. The monoisotopic (exact) mass is 485 g/mol. The lowest BCUT2D eigenvalue weighted by Crippen LogP contribution is -2.47. The molecule has 1 aliphatic rings. The van der Waals surface area contributed by atoms with Crippen molar-refractivity contribution in [2.45, 2.75) is 31.7 Å². The molecule has 0 fully saturated rings. The average Bonchev–Trinajstić information content (AvgIpc) is 2.87. The number of fused-ring (bicyclic) bond motifs is 1. The van der Waals surface area contributed by atoms with Crippen molar-refractivity contribution in [1.29, 1.82) is 0 Å². The van der Waals surface area contributed by atoms with Gasteiger partial charge in [-0.25, -0.2) is 0 Å². The number of rotatable bonds is 7. The van der Waals surface area contributed by atoms with Crippen LogP contribution in [0.2, 0.25) is 0 Å². The van der Waals surface area contributed by atoms with E-state index in [1.165, 1.54) is 14.2 Å². The molecule has 0 spiro atoms. The molecule has 1 aliphatic heterocycles. The normalized spacial score (nSPS) is 15.3. The minimum Gasteiger partial charge on any atom is -0.492 e. The summed E-state index contributed by atoms with van der Waals surface area (Å²) in [5, 5.41) is 0. The highest BCUT2D eigenvalue weighted by Gasteiger charge is 2.47. The summed E-state index contributed by atoms with van der Waals surface area (Å²) in [6.45, 7) is 0.139. The SMILES string of the molecule is COc1c(OCc2ccccc2)cc2c(c1OC)CCN(C(=O)C(F)(F)F)C2Cc1ccccc1. The summed E-state index contributed by atoms with van der Waals surface area (Å²) < 4.78 is 57.8. The van der Waals surface area contributed by atoms with Crippen molar-refractivity contribution in [2.24, 2.45) is 0 Å². The largest absolute Gasteiger partial charge is 0.492 e. The van der Waals surface area contributed by atoms with Crippen molar-refractivity contribution in [3.63, 3.8) is 0 Å². The Hall–Kier alpha value is -3.68. The molecule has 0 saturated carbocycles. The Balaban J connectivity index is 1.80. The molecular weight excluding hydrogens is 459 g/mol. The molecule has 3 aromatic rings. The first kappa shape index (κ1) is 24.4. The number of alkyl halides is 3. The van der Waals surface area contributed by atoms with Crippen molar-refractivity contribution in [1.82, 2.24) is 4.90 Å². The highest BCUT2D eigenvalue weighted by atomic mass is 19.4. The zero-order chi connectivity index (χ0) is 25.0. The molecule has 8 heteroatoms. The molecule has 5 nitrogen and oxygen atoms in total. The van der Waals surface area contributed by atoms with Gasteiger partial charge in [0, 0.05) is 12.1 Å². The van der Waals surface area contributed by atoms with E-state index in [0.29, 0.717) is 28.4 Å². The lowest BCUT2D eigenvalue weighted by molar-refractivity contribution is -0.188. The number of amides is 1. The maximum absolute atomic E-state index is 13.5. The van der Waals surface area contributed by atoms with Gasteiger partial charge in [-0.15, -0.1) is 0 Å². The van der Waals surface area contributed by atoms with Crippen LogP contribution in [-0.2, 0) is 24.2 Å². The highest BCUT2D eigenvalue weighted by molar-refractivity contribution is 5.83. The van der Waals surface area contributed by atoms with E-state index in [-0.39, 0.29) is 26.0 Å². The Bertz CT molecular complexity index is 1170. The van der Waals surface area contributed by atoms with E-state index in [1.807, 2.05) is 60.7 Å². The molecule has 4 rings (SSSR count). The van der Waals surface area contributed by atoms with Gasteiger partial charge in [0.05, 0.1) is 20.3 Å². The Morgan fingerprint density at radius 1 is 0.943 bits per heavy atom. The smallest absolute Gasteiger partial charge is 0.471 e. The second kappa shape index (κ2) is 10.3. The Kier molecular flexibility index (Phi) is 7.19. The number of carbonyl (C=O) groups excluding carboxylic acids is 1. The molecule has 1 unspecified atom stereocenters. The fourth-order valence-electron chi connectivity index (χ4n) is 4.50. The Morgan fingerprint density at radius 2 is 1.54 bits per heavy atom. The van der Waals surface area contributed by atoms with Crippen molar-refractivity contribution in [3.05, 3.63) is 89.0 Å². The second-order valence-electron chi connectivity index (χ2n) is 8.24. The molecule has 0 aromatic heterocycles. The summed E-state index contributed by atoms with van der Waals surface area (Å²) in [5.74, 6) is -0.738. The predicted molar refractivity (Wildman–Crippen MR) is 125 cm³/mol. The summed E-state index contributed by atoms with van der Waals surface area (Å²) >= 11 is 0. The molecule has 0 aliphatic carbocycles. The third kappa shape index (κ3) is 5.21. The number of benzene rings is 3. The van der Waals surface area contributed by atoms with E-state index in [4.69, 9.17) is 14.2 Å². The van der Waals surface area contributed by atoms with E-state index < -0.39 is 18.1 Å². The third-order valence-corrected chi connectivity index (χ3v) is 6.10. The van der Waals surface area contributed by atoms with Gasteiger partial charge in [0.2, 0.25) is 5.75 Å². The fraction of sp³-hybridized carbons (Fsp3) is 0.296. The van der Waals surface area contributed by atoms with Crippen LogP contribution in [0.5, 0.6) is 17.2 Å². The minimum absolute atomic E-state index is 0.0907. The summed E-state index contributed by atoms with van der Waals surface area (Å²) in [5.41, 5.74) is 3.00. The summed E-state index contributed by atoms with van der Waals surface area (Å²) in [6, 6.07) is 19.4. The molecular formula is C27H26F3NO4. The van der Waals surface area contributed by atoms with E-state index >= 15 is 0 Å². The topological polar surface area (TPSA) is 48.0 Å². The van der Waals surface area contributed by atoms with Gasteiger partial charge in [-0.2, -0.15) is 13.2 Å². The molecule has 35 heavy (non-hydrogen) atoms. The van der Waals surface area contributed by atoms with Crippen molar-refractivity contribution < 1.29 is 32.2 Å². The molecule has 0 saturated heterocycles. The van der Waals surface area contributed by atoms with Gasteiger partial charge in [-0.1, -0.05) is 60.7 Å². The lowest BCUT2D eigenvalue weighted by atomic mass is 9.87. The summed E-state index contributed by atoms with van der Waals surface area (Å²) in [7, 11) is 2.97. The molecule has 3 aromatic carbocycles. The number of nitrogens with zero attached hydrogens (tertiary/aromatic N) is 1. The molecule has 0 bridgehead atoms. The number of carbonyl (C=O) groups is 1. The lowest BCUT2D eigenvalue weighted by Gasteiger charge is -2.39. The standard InChI is InChI=1S/C27H26F3NO4/c1-33-24-20-13-14-31(26(32)27(28,29)30)22(15-18-9-5-3-6-10-18)21(20)16-23(25(24)34-2)35-17-19-11-7-4-8-12-19/h3-12,16,22H,13-15,17H2,1-2H3. The van der Waals surface area contributed by atoms with Gasteiger partial charge in [0.25, 0.3) is 0 Å². The van der Waals surface area contributed by atoms with Crippen molar-refractivity contribution >= 4 is 5.91 Å². The van der Waals surface area contributed by atoms with Crippen molar-refractivity contribution in [3.8, 4) is 17.2 Å². The van der Waals surface area contributed by atoms with Gasteiger partial charge in [-0.3, -0.25) is 4.79 Å². The minimum atomic E-state index is -4.98.